The van der Waals surface area contributed by atoms with Gasteiger partial charge in [-0.15, -0.1) is 0 Å². The second-order valence-corrected chi connectivity index (χ2v) is 6.10. The summed E-state index contributed by atoms with van der Waals surface area (Å²) in [6.45, 7) is 6.58. The van der Waals surface area contributed by atoms with Crippen molar-refractivity contribution in [2.24, 2.45) is 0 Å². The lowest BCUT2D eigenvalue weighted by molar-refractivity contribution is 0.527. The van der Waals surface area contributed by atoms with E-state index < -0.39 is 22.4 Å². The van der Waals surface area contributed by atoms with Crippen LogP contribution in [-0.4, -0.2) is 22.0 Å². The predicted molar refractivity (Wildman–Crippen MR) is 70.0 cm³/mol. The normalized spacial score (nSPS) is 16.3. The predicted octanol–water partition coefficient (Wildman–Crippen LogP) is 2.85. The molecule has 1 aromatic rings. The molecule has 1 rings (SSSR count). The molecule has 0 bridgehead atoms. The fraction of sp³-hybridized carbons (Fsp3) is 0.538. The molecule has 0 aliphatic carbocycles. The fourth-order valence-electron chi connectivity index (χ4n) is 1.56. The lowest BCUT2D eigenvalue weighted by atomic mass is 10.2. The molecule has 18 heavy (non-hydrogen) atoms. The zero-order valence-electron chi connectivity index (χ0n) is 10.9. The number of rotatable bonds is 6. The van der Waals surface area contributed by atoms with Crippen LogP contribution >= 0.6 is 0 Å². The van der Waals surface area contributed by atoms with Gasteiger partial charge in [0.25, 0.3) is 0 Å². The average Bonchev–Trinajstić information content (AvgIpc) is 2.34. The number of halogens is 2. The highest BCUT2D eigenvalue weighted by molar-refractivity contribution is 7.85. The topological polar surface area (TPSA) is 29.1 Å². The maximum atomic E-state index is 13.5. The van der Waals surface area contributed by atoms with Gasteiger partial charge in [-0.1, -0.05) is 6.92 Å². The first kappa shape index (κ1) is 15.2. The Kier molecular flexibility index (Phi) is 5.88. The number of hydrogen-bond acceptors (Lipinski definition) is 2. The summed E-state index contributed by atoms with van der Waals surface area (Å²) >= 11 is 0. The highest BCUT2D eigenvalue weighted by atomic mass is 32.2. The van der Waals surface area contributed by atoms with Gasteiger partial charge < -0.3 is 5.32 Å². The smallest absolute Gasteiger partial charge is 0.142 e. The van der Waals surface area contributed by atoms with Crippen LogP contribution in [0.15, 0.2) is 23.1 Å². The second-order valence-electron chi connectivity index (χ2n) is 4.32. The summed E-state index contributed by atoms with van der Waals surface area (Å²) in [5.74, 6) is -1.40. The lowest BCUT2D eigenvalue weighted by Crippen LogP contribution is -2.38. The largest absolute Gasteiger partial charge is 0.313 e. The Labute approximate surface area is 109 Å². The van der Waals surface area contributed by atoms with Gasteiger partial charge in [-0.25, -0.2) is 8.78 Å². The monoisotopic (exact) mass is 275 g/mol. The van der Waals surface area contributed by atoms with Crippen LogP contribution in [0.3, 0.4) is 0 Å². The van der Waals surface area contributed by atoms with Crippen LogP contribution in [0, 0.1) is 11.6 Å². The molecular formula is C13H19F2NOS. The van der Waals surface area contributed by atoms with Crippen molar-refractivity contribution in [3.8, 4) is 0 Å². The van der Waals surface area contributed by atoms with E-state index in [1.54, 1.807) is 6.92 Å². The van der Waals surface area contributed by atoms with Gasteiger partial charge in [0.2, 0.25) is 0 Å². The zero-order chi connectivity index (χ0) is 13.7. The first-order valence-electron chi connectivity index (χ1n) is 6.06. The van der Waals surface area contributed by atoms with Crippen LogP contribution < -0.4 is 5.32 Å². The first-order valence-corrected chi connectivity index (χ1v) is 7.27. The van der Waals surface area contributed by atoms with Gasteiger partial charge in [-0.3, -0.25) is 4.21 Å². The van der Waals surface area contributed by atoms with Crippen molar-refractivity contribution in [1.82, 2.24) is 5.32 Å². The third kappa shape index (κ3) is 3.85. The van der Waals surface area contributed by atoms with Gasteiger partial charge in [0, 0.05) is 12.1 Å². The van der Waals surface area contributed by atoms with E-state index in [1.165, 1.54) is 6.07 Å². The van der Waals surface area contributed by atoms with Crippen molar-refractivity contribution in [2.75, 3.05) is 6.54 Å². The van der Waals surface area contributed by atoms with Gasteiger partial charge in [-0.05, 0) is 38.9 Å². The molecule has 102 valence electrons. The molecule has 0 radical (unpaired) electrons. The molecule has 5 heteroatoms. The Bertz CT molecular complexity index is 425. The van der Waals surface area contributed by atoms with Crippen molar-refractivity contribution in [3.63, 3.8) is 0 Å². The molecule has 0 saturated heterocycles. The van der Waals surface area contributed by atoms with E-state index >= 15 is 0 Å². The van der Waals surface area contributed by atoms with Crippen LogP contribution in [-0.2, 0) is 10.8 Å². The van der Waals surface area contributed by atoms with Gasteiger partial charge in [0.05, 0.1) is 20.9 Å². The summed E-state index contributed by atoms with van der Waals surface area (Å²) in [6, 6.07) is 3.16. The van der Waals surface area contributed by atoms with Crippen molar-refractivity contribution >= 4 is 10.8 Å². The maximum Gasteiger partial charge on any atom is 0.142 e. The average molecular weight is 275 g/mol. The third-order valence-electron chi connectivity index (χ3n) is 2.87. The molecule has 0 aromatic heterocycles. The Morgan fingerprint density at radius 1 is 1.33 bits per heavy atom. The Balaban J connectivity index is 2.79. The van der Waals surface area contributed by atoms with Crippen LogP contribution in [0.1, 0.15) is 27.2 Å². The van der Waals surface area contributed by atoms with Gasteiger partial charge in [0.1, 0.15) is 11.6 Å². The van der Waals surface area contributed by atoms with Crippen LogP contribution in [0.5, 0.6) is 0 Å². The van der Waals surface area contributed by atoms with Gasteiger partial charge >= 0.3 is 0 Å². The molecule has 0 aliphatic rings. The SMILES string of the molecule is CCCNC(C)C(C)S(=O)c1ccc(F)cc1F. The third-order valence-corrected chi connectivity index (χ3v) is 4.72. The summed E-state index contributed by atoms with van der Waals surface area (Å²) in [6.07, 6.45) is 0.981. The van der Waals surface area contributed by atoms with E-state index in [1.807, 2.05) is 13.8 Å². The van der Waals surface area contributed by atoms with E-state index in [2.05, 4.69) is 5.32 Å². The maximum absolute atomic E-state index is 13.5. The molecule has 0 spiro atoms. The summed E-state index contributed by atoms with van der Waals surface area (Å²) in [5.41, 5.74) is 0. The Morgan fingerprint density at radius 2 is 2.00 bits per heavy atom. The van der Waals surface area contributed by atoms with E-state index in [-0.39, 0.29) is 16.2 Å². The Morgan fingerprint density at radius 3 is 2.56 bits per heavy atom. The molecule has 0 amide bonds. The molecule has 0 fully saturated rings. The first-order chi connectivity index (χ1) is 8.47. The standard InChI is InChI=1S/C13H19F2NOS/c1-4-7-16-9(2)10(3)18(17)13-6-5-11(14)8-12(13)15/h5-6,8-10,16H,4,7H2,1-3H3. The molecule has 1 N–H and O–H groups in total. The zero-order valence-corrected chi connectivity index (χ0v) is 11.7. The van der Waals surface area contributed by atoms with E-state index in [0.29, 0.717) is 0 Å². The quantitative estimate of drug-likeness (QED) is 0.865. The number of benzene rings is 1. The van der Waals surface area contributed by atoms with Crippen LogP contribution in [0.25, 0.3) is 0 Å². The molecule has 0 saturated carbocycles. The summed E-state index contributed by atoms with van der Waals surface area (Å²) in [7, 11) is -1.49. The lowest BCUT2D eigenvalue weighted by Gasteiger charge is -2.20. The minimum absolute atomic E-state index is 0.00948. The van der Waals surface area contributed by atoms with Crippen LogP contribution in [0.4, 0.5) is 8.78 Å². The number of hydrogen-bond donors (Lipinski definition) is 1. The van der Waals surface area contributed by atoms with Gasteiger partial charge in [0.15, 0.2) is 0 Å². The van der Waals surface area contributed by atoms with Crippen LogP contribution in [0.2, 0.25) is 0 Å². The van der Waals surface area contributed by atoms with Crippen molar-refractivity contribution in [1.29, 1.82) is 0 Å². The highest BCUT2D eigenvalue weighted by Gasteiger charge is 2.22. The summed E-state index contributed by atoms with van der Waals surface area (Å²) in [4.78, 5) is 0.0639. The van der Waals surface area contributed by atoms with E-state index in [0.717, 1.165) is 25.1 Å². The Hall–Kier alpha value is -0.810. The molecule has 0 heterocycles. The summed E-state index contributed by atoms with van der Waals surface area (Å²) < 4.78 is 38.5. The van der Waals surface area contributed by atoms with E-state index in [4.69, 9.17) is 0 Å². The molecule has 3 atom stereocenters. The highest BCUT2D eigenvalue weighted by Crippen LogP contribution is 2.18. The minimum atomic E-state index is -1.49. The number of nitrogens with one attached hydrogen (secondary N) is 1. The molecule has 1 aromatic carbocycles. The van der Waals surface area contributed by atoms with Crippen molar-refractivity contribution in [2.45, 2.75) is 43.4 Å². The van der Waals surface area contributed by atoms with E-state index in [9.17, 15) is 13.0 Å². The van der Waals surface area contributed by atoms with Crippen molar-refractivity contribution < 1.29 is 13.0 Å². The van der Waals surface area contributed by atoms with Gasteiger partial charge in [-0.2, -0.15) is 0 Å². The fourth-order valence-corrected chi connectivity index (χ4v) is 2.88. The van der Waals surface area contributed by atoms with Crippen molar-refractivity contribution in [3.05, 3.63) is 29.8 Å². The minimum Gasteiger partial charge on any atom is -0.313 e. The molecular weight excluding hydrogens is 256 g/mol. The molecule has 2 nitrogen and oxygen atoms in total. The molecule has 3 unspecified atom stereocenters. The second kappa shape index (κ2) is 6.95. The molecule has 0 aliphatic heterocycles. The summed E-state index contributed by atoms with van der Waals surface area (Å²) in [5, 5.41) is 2.98.